The van der Waals surface area contributed by atoms with E-state index in [1.54, 1.807) is 11.0 Å². The monoisotopic (exact) mass is 613 g/mol. The number of H-pyrrole nitrogens is 1. The fraction of sp³-hybridized carbons (Fsp3) is 0.652. The molecule has 18 heteroatoms. The molecule has 0 bridgehead atoms. The van der Waals surface area contributed by atoms with Crippen molar-refractivity contribution in [2.45, 2.75) is 71.4 Å². The van der Waals surface area contributed by atoms with Crippen molar-refractivity contribution in [1.82, 2.24) is 44.7 Å². The quantitative estimate of drug-likeness (QED) is 0.162. The summed E-state index contributed by atoms with van der Waals surface area (Å²) >= 11 is 0. The topological polar surface area (TPSA) is 194 Å². The lowest BCUT2D eigenvalue weighted by molar-refractivity contribution is 0.0572. The van der Waals surface area contributed by atoms with Crippen LogP contribution in [0.2, 0.25) is 51.4 Å². The Morgan fingerprint density at radius 1 is 0.829 bits per heavy atom. The van der Waals surface area contributed by atoms with Gasteiger partial charge in [0.25, 0.3) is 5.82 Å². The summed E-state index contributed by atoms with van der Waals surface area (Å²) in [4.78, 5) is 32.9. The Morgan fingerprint density at radius 2 is 1.37 bits per heavy atom. The molecular weight excluding hydrogens is 570 g/mol. The highest BCUT2D eigenvalue weighted by molar-refractivity contribution is 6.76. The molecule has 0 spiro atoms. The van der Waals surface area contributed by atoms with Crippen molar-refractivity contribution >= 4 is 28.1 Å². The number of methoxy groups -OCH3 is 2. The Balaban J connectivity index is 0.000000321. The maximum atomic E-state index is 11.1. The number of rotatable bonds is 13. The second kappa shape index (κ2) is 18.2. The molecule has 0 fully saturated rings. The van der Waals surface area contributed by atoms with E-state index in [1.807, 2.05) is 0 Å². The minimum atomic E-state index is -1.06. The molecule has 0 amide bonds. The Labute approximate surface area is 241 Å². The van der Waals surface area contributed by atoms with Crippen molar-refractivity contribution in [3.05, 3.63) is 36.5 Å². The average Bonchev–Trinajstić information content (AvgIpc) is 3.70. The van der Waals surface area contributed by atoms with Gasteiger partial charge in [-0.25, -0.2) is 33.9 Å². The average molecular weight is 614 g/mol. The van der Waals surface area contributed by atoms with Gasteiger partial charge in [0.05, 0.1) is 14.2 Å². The highest BCUT2D eigenvalue weighted by Gasteiger charge is 2.14. The number of aliphatic hydroxyl groups excluding tert-OH is 1. The van der Waals surface area contributed by atoms with Crippen LogP contribution in [0.5, 0.6) is 0 Å². The normalized spacial score (nSPS) is 11.1. The second-order valence-corrected chi connectivity index (χ2v) is 22.2. The molecule has 41 heavy (non-hydrogen) atoms. The smallest absolute Gasteiger partial charge is 0.377 e. The molecule has 0 aliphatic carbocycles. The van der Waals surface area contributed by atoms with E-state index >= 15 is 0 Å². The second-order valence-electron chi connectivity index (χ2n) is 11.0. The van der Waals surface area contributed by atoms with Crippen molar-refractivity contribution in [3.63, 3.8) is 0 Å². The number of esters is 2. The van der Waals surface area contributed by atoms with Crippen LogP contribution in [-0.4, -0.2) is 105 Å². The van der Waals surface area contributed by atoms with E-state index in [0.29, 0.717) is 25.9 Å². The van der Waals surface area contributed by atoms with E-state index in [4.69, 9.17) is 14.6 Å². The lowest BCUT2D eigenvalue weighted by atomic mass is 10.6. The number of aliphatic hydroxyl groups is 1. The summed E-state index contributed by atoms with van der Waals surface area (Å²) in [6.07, 6.45) is 4.27. The number of ether oxygens (including phenoxy) is 4. The van der Waals surface area contributed by atoms with Crippen LogP contribution in [0.25, 0.3) is 0 Å². The molecule has 3 rings (SSSR count). The van der Waals surface area contributed by atoms with Gasteiger partial charge in [-0.2, -0.15) is 10.2 Å². The fourth-order valence-corrected chi connectivity index (χ4v) is 4.00. The molecule has 3 heterocycles. The molecule has 0 saturated heterocycles. The zero-order valence-corrected chi connectivity index (χ0v) is 27.2. The standard InChI is InChI=1S/C10H19N3O3Si.C9H19N3O2Si.C4H5N3O2/c1-15-10(14)9-11-7-13(12-9)8-16-5-6-17(2,3)4;1-15(2,3)5-4-14-8-12-7-10-9(6-13)11-12;1-9-4(8)3-5-2-6-7-3/h7H,5-6,8H2,1-4H3;7,13H,4-6,8H2,1-3H3;2H,1H3,(H,5,6,7). The zero-order valence-electron chi connectivity index (χ0n) is 25.2. The third-order valence-electron chi connectivity index (χ3n) is 4.86. The first kappa shape index (κ1) is 35.7. The van der Waals surface area contributed by atoms with Crippen LogP contribution in [0.3, 0.4) is 0 Å². The summed E-state index contributed by atoms with van der Waals surface area (Å²) in [6.45, 7) is 15.9. The first-order valence-electron chi connectivity index (χ1n) is 12.8. The predicted octanol–water partition coefficient (Wildman–Crippen LogP) is 2.05. The lowest BCUT2D eigenvalue weighted by Crippen LogP contribution is -2.22. The highest BCUT2D eigenvalue weighted by Crippen LogP contribution is 2.08. The van der Waals surface area contributed by atoms with E-state index in [1.165, 1.54) is 31.6 Å². The number of nitrogens with one attached hydrogen (secondary N) is 1. The van der Waals surface area contributed by atoms with Gasteiger partial charge in [0.1, 0.15) is 39.1 Å². The van der Waals surface area contributed by atoms with Gasteiger partial charge in [0.2, 0.25) is 5.82 Å². The molecule has 0 aliphatic rings. The van der Waals surface area contributed by atoms with Gasteiger partial charge in [-0.1, -0.05) is 39.3 Å². The summed E-state index contributed by atoms with van der Waals surface area (Å²) in [6, 6.07) is 2.25. The third kappa shape index (κ3) is 16.5. The van der Waals surface area contributed by atoms with Crippen molar-refractivity contribution in [1.29, 1.82) is 0 Å². The molecule has 0 radical (unpaired) electrons. The number of carbonyl (C=O) groups excluding carboxylic acids is 2. The summed E-state index contributed by atoms with van der Waals surface area (Å²) in [7, 11) is 0.516. The molecule has 0 saturated carbocycles. The van der Waals surface area contributed by atoms with Gasteiger partial charge in [-0.3, -0.25) is 5.10 Å². The van der Waals surface area contributed by atoms with Gasteiger partial charge in [0, 0.05) is 29.4 Å². The number of hydrogen-bond donors (Lipinski definition) is 2. The maximum Gasteiger partial charge on any atom is 0.377 e. The Kier molecular flexibility index (Phi) is 15.8. The molecular formula is C23H43N9O7Si2. The third-order valence-corrected chi connectivity index (χ3v) is 8.27. The van der Waals surface area contributed by atoms with Crippen molar-refractivity contribution in [2.75, 3.05) is 27.4 Å². The van der Waals surface area contributed by atoms with Crippen LogP contribution in [0.1, 0.15) is 27.1 Å². The van der Waals surface area contributed by atoms with Gasteiger partial charge < -0.3 is 24.1 Å². The minimum absolute atomic E-state index is 0.0568. The van der Waals surface area contributed by atoms with Gasteiger partial charge in [-0.15, -0.1) is 5.10 Å². The molecule has 0 atom stereocenters. The molecule has 230 valence electrons. The summed E-state index contributed by atoms with van der Waals surface area (Å²) < 4.78 is 22.8. The number of nitrogens with zero attached hydrogens (tertiary/aromatic N) is 8. The first-order chi connectivity index (χ1) is 19.3. The summed E-state index contributed by atoms with van der Waals surface area (Å²) in [5.41, 5.74) is 0. The van der Waals surface area contributed by atoms with E-state index in [-0.39, 0.29) is 18.3 Å². The van der Waals surface area contributed by atoms with Gasteiger partial charge >= 0.3 is 11.9 Å². The number of aromatic amines is 1. The number of hydrogen-bond acceptors (Lipinski definition) is 13. The van der Waals surface area contributed by atoms with Crippen LogP contribution in [0.4, 0.5) is 0 Å². The number of aromatic nitrogens is 9. The van der Waals surface area contributed by atoms with Crippen LogP contribution in [-0.2, 0) is 39.0 Å². The molecule has 0 aliphatic heterocycles. The Morgan fingerprint density at radius 3 is 1.80 bits per heavy atom. The van der Waals surface area contributed by atoms with Crippen LogP contribution in [0, 0.1) is 0 Å². The van der Waals surface area contributed by atoms with E-state index in [0.717, 1.165) is 18.7 Å². The first-order valence-corrected chi connectivity index (χ1v) is 20.3. The van der Waals surface area contributed by atoms with Crippen LogP contribution >= 0.6 is 0 Å². The predicted molar refractivity (Wildman–Crippen MR) is 153 cm³/mol. The molecule has 0 unspecified atom stereocenters. The molecule has 2 N–H and O–H groups in total. The Hall–Kier alpha value is -3.33. The van der Waals surface area contributed by atoms with E-state index < -0.39 is 28.1 Å². The molecule has 0 aromatic carbocycles. The lowest BCUT2D eigenvalue weighted by Gasteiger charge is -2.15. The SMILES string of the molecule is COC(=O)c1ncn(COCC[Si](C)(C)C)n1.COC(=O)c1ncn[nH]1.C[Si](C)(C)CCOCn1cnc(CO)n1. The zero-order chi connectivity index (χ0) is 30.9. The fourth-order valence-electron chi connectivity index (χ4n) is 2.48. The maximum absolute atomic E-state index is 11.1. The van der Waals surface area contributed by atoms with Crippen LogP contribution in [0.15, 0.2) is 19.0 Å². The van der Waals surface area contributed by atoms with E-state index in [9.17, 15) is 9.59 Å². The van der Waals surface area contributed by atoms with Crippen LogP contribution < -0.4 is 0 Å². The largest absolute Gasteiger partial charge is 0.463 e. The van der Waals surface area contributed by atoms with Crippen molar-refractivity contribution in [3.8, 4) is 0 Å². The van der Waals surface area contributed by atoms with Gasteiger partial charge in [-0.05, 0) is 12.1 Å². The number of carbonyl (C=O) groups is 2. The van der Waals surface area contributed by atoms with Crippen molar-refractivity contribution < 1.29 is 33.6 Å². The molecule has 3 aromatic rings. The Bertz CT molecular complexity index is 1140. The molecule has 16 nitrogen and oxygen atoms in total. The van der Waals surface area contributed by atoms with Crippen molar-refractivity contribution in [2.24, 2.45) is 0 Å². The minimum Gasteiger partial charge on any atom is -0.463 e. The summed E-state index contributed by atoms with van der Waals surface area (Å²) in [5.74, 6) is -0.430. The summed E-state index contributed by atoms with van der Waals surface area (Å²) in [5, 5.41) is 22.5. The van der Waals surface area contributed by atoms with Gasteiger partial charge in [0.15, 0.2) is 5.82 Å². The van der Waals surface area contributed by atoms with E-state index in [2.05, 4.69) is 84.1 Å². The highest BCUT2D eigenvalue weighted by atomic mass is 28.3. The molecule has 3 aromatic heterocycles.